The Morgan fingerprint density at radius 2 is 1.83 bits per heavy atom. The molecule has 9 nitrogen and oxygen atoms in total. The van der Waals surface area contributed by atoms with Crippen molar-refractivity contribution >= 4 is 34.2 Å². The number of likely N-dealkylation sites (tertiary alicyclic amines) is 1. The molecule has 3 amide bonds. The zero-order valence-electron chi connectivity index (χ0n) is 19.8. The van der Waals surface area contributed by atoms with E-state index in [0.29, 0.717) is 55.5 Å². The van der Waals surface area contributed by atoms with Gasteiger partial charge in [0.05, 0.1) is 25.3 Å². The van der Waals surface area contributed by atoms with Crippen LogP contribution < -0.4 is 5.32 Å². The number of piperidine rings is 1. The fourth-order valence-electron chi connectivity index (χ4n) is 4.52. The van der Waals surface area contributed by atoms with Crippen LogP contribution in [0.5, 0.6) is 0 Å². The molecule has 1 aromatic carbocycles. The molecule has 1 N–H and O–H groups in total. The number of carbonyl (C=O) groups is 3. The van der Waals surface area contributed by atoms with Crippen LogP contribution in [-0.2, 0) is 25.5 Å². The lowest BCUT2D eigenvalue weighted by Gasteiger charge is -2.37. The highest BCUT2D eigenvalue weighted by Gasteiger charge is 2.40. The second-order valence-electron chi connectivity index (χ2n) is 9.39. The largest absolute Gasteiger partial charge is 0.347 e. The zero-order valence-corrected chi connectivity index (χ0v) is 20.6. The molecule has 1 spiro atoms. The van der Waals surface area contributed by atoms with Gasteiger partial charge < -0.3 is 24.6 Å². The third-order valence-corrected chi connectivity index (χ3v) is 7.49. The quantitative estimate of drug-likeness (QED) is 0.630. The van der Waals surface area contributed by atoms with Crippen LogP contribution in [0.2, 0.25) is 0 Å². The second kappa shape index (κ2) is 10.0. The first-order valence-electron chi connectivity index (χ1n) is 12.1. The van der Waals surface area contributed by atoms with Gasteiger partial charge in [-0.25, -0.2) is 4.98 Å². The monoisotopic (exact) mass is 498 g/mol. The number of nitrogens with one attached hydrogen (secondary N) is 1. The highest BCUT2D eigenvalue weighted by molar-refractivity contribution is 7.13. The number of amides is 3. The summed E-state index contributed by atoms with van der Waals surface area (Å²) >= 11 is 1.28. The van der Waals surface area contributed by atoms with Crippen LogP contribution >= 0.6 is 11.3 Å². The summed E-state index contributed by atoms with van der Waals surface area (Å²) in [6.45, 7) is 4.36. The van der Waals surface area contributed by atoms with Crippen molar-refractivity contribution < 1.29 is 23.9 Å². The number of anilines is 1. The molecular weight excluding hydrogens is 468 g/mol. The summed E-state index contributed by atoms with van der Waals surface area (Å²) in [5.41, 5.74) is 2.29. The third-order valence-electron chi connectivity index (χ3n) is 6.68. The lowest BCUT2D eigenvalue weighted by molar-refractivity contribution is -0.187. The number of hydrogen-bond acceptors (Lipinski definition) is 7. The minimum Gasteiger partial charge on any atom is -0.347 e. The topological polar surface area (TPSA) is 101 Å². The van der Waals surface area contributed by atoms with Crippen LogP contribution in [0.15, 0.2) is 29.6 Å². The van der Waals surface area contributed by atoms with Crippen molar-refractivity contribution in [3.63, 3.8) is 0 Å². The average molecular weight is 499 g/mol. The van der Waals surface area contributed by atoms with Crippen LogP contribution in [0.25, 0.3) is 0 Å². The first kappa shape index (κ1) is 23.9. The highest BCUT2D eigenvalue weighted by Crippen LogP contribution is 2.32. The molecule has 2 aromatic rings. The van der Waals surface area contributed by atoms with Gasteiger partial charge in [0.25, 0.3) is 5.91 Å². The third kappa shape index (κ3) is 5.71. The van der Waals surface area contributed by atoms with Crippen molar-refractivity contribution in [2.45, 2.75) is 50.9 Å². The molecule has 1 aromatic heterocycles. The highest BCUT2D eigenvalue weighted by atomic mass is 32.1. The molecule has 0 radical (unpaired) electrons. The maximum Gasteiger partial charge on any atom is 0.254 e. The minimum atomic E-state index is -0.510. The van der Waals surface area contributed by atoms with Crippen molar-refractivity contribution in [1.29, 1.82) is 0 Å². The number of carbonyl (C=O) groups excluding carboxylic acids is 3. The number of hydrogen-bond donors (Lipinski definition) is 1. The Morgan fingerprint density at radius 3 is 2.49 bits per heavy atom. The molecule has 10 heteroatoms. The predicted molar refractivity (Wildman–Crippen MR) is 130 cm³/mol. The van der Waals surface area contributed by atoms with E-state index in [9.17, 15) is 14.4 Å². The van der Waals surface area contributed by atoms with Gasteiger partial charge in [-0.1, -0.05) is 17.7 Å². The average Bonchev–Trinajstić information content (AvgIpc) is 3.45. The van der Waals surface area contributed by atoms with E-state index in [4.69, 9.17) is 9.47 Å². The maximum absolute atomic E-state index is 13.0. The Kier molecular flexibility index (Phi) is 6.86. The van der Waals surface area contributed by atoms with E-state index in [0.717, 1.165) is 18.4 Å². The number of ether oxygens (including phenoxy) is 2. The molecule has 3 heterocycles. The van der Waals surface area contributed by atoms with E-state index < -0.39 is 5.79 Å². The molecule has 2 saturated heterocycles. The molecule has 1 aliphatic carbocycles. The number of nitrogens with zero attached hydrogens (tertiary/aromatic N) is 3. The standard InChI is InChI=1S/C25H30N4O5S/c1-17-2-4-18(5-3-17)23(32)29(20-6-7-20)15-21(30)27-24-26-19(16-35-24)14-22(31)28-10-8-25(9-11-28)33-12-13-34-25/h2-5,16,20H,6-15H2,1H3,(H,26,27,30). The number of rotatable bonds is 7. The van der Waals surface area contributed by atoms with E-state index in [-0.39, 0.29) is 36.7 Å². The summed E-state index contributed by atoms with van der Waals surface area (Å²) < 4.78 is 11.4. The Morgan fingerprint density at radius 1 is 1.14 bits per heavy atom. The SMILES string of the molecule is Cc1ccc(C(=O)N(CC(=O)Nc2nc(CC(=O)N3CCC4(CC3)OCCO4)cs2)C2CC2)cc1. The Balaban J connectivity index is 1.13. The summed E-state index contributed by atoms with van der Waals surface area (Å²) in [7, 11) is 0. The molecule has 2 aliphatic heterocycles. The smallest absolute Gasteiger partial charge is 0.254 e. The Bertz CT molecular complexity index is 1080. The van der Waals surface area contributed by atoms with Crippen molar-refractivity contribution in [2.75, 3.05) is 38.2 Å². The molecule has 0 atom stereocenters. The lowest BCUT2D eigenvalue weighted by Crippen LogP contribution is -2.47. The lowest BCUT2D eigenvalue weighted by atomic mass is 10.0. The van der Waals surface area contributed by atoms with Gasteiger partial charge in [0, 0.05) is 42.9 Å². The van der Waals surface area contributed by atoms with Crippen molar-refractivity contribution in [3.8, 4) is 0 Å². The van der Waals surface area contributed by atoms with Gasteiger partial charge in [0.2, 0.25) is 11.8 Å². The van der Waals surface area contributed by atoms with Crippen molar-refractivity contribution in [1.82, 2.24) is 14.8 Å². The first-order chi connectivity index (χ1) is 16.9. The number of aromatic nitrogens is 1. The second-order valence-corrected chi connectivity index (χ2v) is 10.2. The minimum absolute atomic E-state index is 0.00428. The molecule has 186 valence electrons. The van der Waals surface area contributed by atoms with Crippen LogP contribution in [0, 0.1) is 6.92 Å². The Labute approximate surface area is 208 Å². The molecule has 0 unspecified atom stereocenters. The molecule has 0 bridgehead atoms. The molecule has 3 aliphatic rings. The van der Waals surface area contributed by atoms with Crippen molar-refractivity contribution in [3.05, 3.63) is 46.5 Å². The maximum atomic E-state index is 13.0. The Hall–Kier alpha value is -2.82. The molecule has 5 rings (SSSR count). The van der Waals surface area contributed by atoms with Gasteiger partial charge in [-0.15, -0.1) is 11.3 Å². The van der Waals surface area contributed by atoms with E-state index in [1.54, 1.807) is 22.4 Å². The summed E-state index contributed by atoms with van der Waals surface area (Å²) in [4.78, 5) is 46.3. The molecule has 3 fully saturated rings. The molecular formula is C25H30N4O5S. The summed E-state index contributed by atoms with van der Waals surface area (Å²) in [6, 6.07) is 7.49. The van der Waals surface area contributed by atoms with E-state index in [2.05, 4.69) is 10.3 Å². The predicted octanol–water partition coefficient (Wildman–Crippen LogP) is 2.60. The summed E-state index contributed by atoms with van der Waals surface area (Å²) in [6.07, 6.45) is 3.35. The van der Waals surface area contributed by atoms with Gasteiger partial charge in [0.15, 0.2) is 10.9 Å². The van der Waals surface area contributed by atoms with E-state index in [1.165, 1.54) is 11.3 Å². The van der Waals surface area contributed by atoms with Gasteiger partial charge >= 0.3 is 0 Å². The van der Waals surface area contributed by atoms with Gasteiger partial charge in [-0.3, -0.25) is 14.4 Å². The normalized spacial score (nSPS) is 19.1. The number of benzene rings is 1. The molecule has 35 heavy (non-hydrogen) atoms. The van der Waals surface area contributed by atoms with E-state index in [1.807, 2.05) is 24.0 Å². The fourth-order valence-corrected chi connectivity index (χ4v) is 5.25. The van der Waals surface area contributed by atoms with Crippen molar-refractivity contribution in [2.24, 2.45) is 0 Å². The van der Waals surface area contributed by atoms with Gasteiger partial charge in [-0.2, -0.15) is 0 Å². The number of aryl methyl sites for hydroxylation is 1. The van der Waals surface area contributed by atoms with Crippen LogP contribution in [-0.4, -0.2) is 77.2 Å². The van der Waals surface area contributed by atoms with E-state index >= 15 is 0 Å². The number of thiazole rings is 1. The van der Waals surface area contributed by atoms with Gasteiger partial charge in [-0.05, 0) is 31.9 Å². The van der Waals surface area contributed by atoms with Crippen LogP contribution in [0.4, 0.5) is 5.13 Å². The van der Waals surface area contributed by atoms with Crippen LogP contribution in [0.3, 0.4) is 0 Å². The fraction of sp³-hybridized carbons (Fsp3) is 0.520. The van der Waals surface area contributed by atoms with Gasteiger partial charge in [0.1, 0.15) is 6.54 Å². The van der Waals surface area contributed by atoms with Crippen LogP contribution in [0.1, 0.15) is 47.3 Å². The zero-order chi connectivity index (χ0) is 24.4. The summed E-state index contributed by atoms with van der Waals surface area (Å²) in [5, 5.41) is 5.02. The molecule has 1 saturated carbocycles. The first-order valence-corrected chi connectivity index (χ1v) is 13.0. The summed E-state index contributed by atoms with van der Waals surface area (Å²) in [5.74, 6) is -0.929.